The molecule has 2 heterocycles. The van der Waals surface area contributed by atoms with Gasteiger partial charge in [0.25, 0.3) is 0 Å². The van der Waals surface area contributed by atoms with Gasteiger partial charge in [0.15, 0.2) is 0 Å². The molecule has 2 aliphatic rings. The summed E-state index contributed by atoms with van der Waals surface area (Å²) in [5.41, 5.74) is 0. The zero-order valence-electron chi connectivity index (χ0n) is 9.52. The molecule has 4 nitrogen and oxygen atoms in total. The van der Waals surface area contributed by atoms with Crippen LogP contribution in [0.25, 0.3) is 0 Å². The van der Waals surface area contributed by atoms with E-state index in [9.17, 15) is 9.90 Å². The second-order valence-corrected chi connectivity index (χ2v) is 5.69. The number of thioether (sulfide) groups is 1. The van der Waals surface area contributed by atoms with Crippen molar-refractivity contribution < 1.29 is 9.90 Å². The largest absolute Gasteiger partial charge is 0.393 e. The van der Waals surface area contributed by atoms with Crippen molar-refractivity contribution in [2.24, 2.45) is 0 Å². The molecule has 0 radical (unpaired) electrons. The third-order valence-electron chi connectivity index (χ3n) is 3.24. The van der Waals surface area contributed by atoms with Crippen molar-refractivity contribution in [2.75, 3.05) is 31.1 Å². The molecule has 16 heavy (non-hydrogen) atoms. The van der Waals surface area contributed by atoms with Gasteiger partial charge in [-0.1, -0.05) is 0 Å². The number of nitrogens with zero attached hydrogens (tertiary/aromatic N) is 1. The van der Waals surface area contributed by atoms with E-state index >= 15 is 0 Å². The van der Waals surface area contributed by atoms with Gasteiger partial charge in [-0.15, -0.1) is 0 Å². The SMILES string of the molecule is O=C(CC1CSCCN1)N1CCC(O)CC1. The van der Waals surface area contributed by atoms with Crippen LogP contribution in [0.5, 0.6) is 0 Å². The van der Waals surface area contributed by atoms with Crippen molar-refractivity contribution in [1.29, 1.82) is 0 Å². The Bertz CT molecular complexity index is 236. The molecule has 0 spiro atoms. The third-order valence-corrected chi connectivity index (χ3v) is 4.37. The molecule has 92 valence electrons. The summed E-state index contributed by atoms with van der Waals surface area (Å²) >= 11 is 1.92. The average molecular weight is 244 g/mol. The highest BCUT2D eigenvalue weighted by Gasteiger charge is 2.24. The Morgan fingerprint density at radius 2 is 2.19 bits per heavy atom. The maximum absolute atomic E-state index is 12.0. The summed E-state index contributed by atoms with van der Waals surface area (Å²) in [6.07, 6.45) is 1.88. The minimum atomic E-state index is -0.201. The van der Waals surface area contributed by atoms with E-state index in [2.05, 4.69) is 5.32 Å². The minimum Gasteiger partial charge on any atom is -0.393 e. The molecule has 0 saturated carbocycles. The Kier molecular flexibility index (Phi) is 4.49. The molecule has 0 bridgehead atoms. The van der Waals surface area contributed by atoms with E-state index in [1.165, 1.54) is 0 Å². The van der Waals surface area contributed by atoms with Gasteiger partial charge in [-0.3, -0.25) is 4.79 Å². The number of hydrogen-bond acceptors (Lipinski definition) is 4. The summed E-state index contributed by atoms with van der Waals surface area (Å²) in [6, 6.07) is 0.345. The van der Waals surface area contributed by atoms with Crippen LogP contribution in [0, 0.1) is 0 Å². The number of likely N-dealkylation sites (tertiary alicyclic amines) is 1. The summed E-state index contributed by atoms with van der Waals surface area (Å²) in [5.74, 6) is 2.44. The monoisotopic (exact) mass is 244 g/mol. The van der Waals surface area contributed by atoms with E-state index in [0.717, 1.165) is 44.0 Å². The van der Waals surface area contributed by atoms with E-state index < -0.39 is 0 Å². The van der Waals surface area contributed by atoms with Gasteiger partial charge in [0.05, 0.1) is 6.10 Å². The first-order chi connectivity index (χ1) is 7.75. The van der Waals surface area contributed by atoms with Crippen molar-refractivity contribution in [3.63, 3.8) is 0 Å². The molecule has 2 rings (SSSR count). The topological polar surface area (TPSA) is 52.6 Å². The number of amides is 1. The molecule has 0 aliphatic carbocycles. The summed E-state index contributed by atoms with van der Waals surface area (Å²) in [5, 5.41) is 12.8. The fourth-order valence-corrected chi connectivity index (χ4v) is 3.16. The number of carbonyl (C=O) groups is 1. The van der Waals surface area contributed by atoms with E-state index in [4.69, 9.17) is 0 Å². The second kappa shape index (κ2) is 5.89. The lowest BCUT2D eigenvalue weighted by Gasteiger charge is -2.31. The van der Waals surface area contributed by atoms with Crippen LogP contribution in [0.2, 0.25) is 0 Å². The molecule has 1 amide bonds. The summed E-state index contributed by atoms with van der Waals surface area (Å²) in [6.45, 7) is 2.46. The van der Waals surface area contributed by atoms with Crippen LogP contribution in [0.4, 0.5) is 0 Å². The lowest BCUT2D eigenvalue weighted by Crippen LogP contribution is -2.45. The maximum atomic E-state index is 12.0. The Morgan fingerprint density at radius 3 is 2.81 bits per heavy atom. The van der Waals surface area contributed by atoms with Crippen LogP contribution in [-0.2, 0) is 4.79 Å². The molecule has 2 fully saturated rings. The number of carbonyl (C=O) groups excluding carboxylic acids is 1. The highest BCUT2D eigenvalue weighted by atomic mass is 32.2. The van der Waals surface area contributed by atoms with Gasteiger partial charge in [-0.25, -0.2) is 0 Å². The molecule has 2 saturated heterocycles. The van der Waals surface area contributed by atoms with E-state index in [-0.39, 0.29) is 12.0 Å². The molecule has 2 N–H and O–H groups in total. The van der Waals surface area contributed by atoms with Crippen molar-refractivity contribution in [3.05, 3.63) is 0 Å². The van der Waals surface area contributed by atoms with Crippen LogP contribution >= 0.6 is 11.8 Å². The molecular formula is C11H20N2O2S. The van der Waals surface area contributed by atoms with Gasteiger partial charge in [0.2, 0.25) is 5.91 Å². The van der Waals surface area contributed by atoms with Gasteiger partial charge in [0, 0.05) is 43.6 Å². The molecule has 0 aromatic carbocycles. The molecule has 0 aromatic heterocycles. The average Bonchev–Trinajstić information content (AvgIpc) is 2.31. The number of aliphatic hydroxyl groups is 1. The van der Waals surface area contributed by atoms with Crippen LogP contribution in [0.3, 0.4) is 0 Å². The molecule has 1 unspecified atom stereocenters. The first-order valence-corrected chi connectivity index (χ1v) is 7.18. The number of rotatable bonds is 2. The van der Waals surface area contributed by atoms with Crippen molar-refractivity contribution in [3.8, 4) is 0 Å². The quantitative estimate of drug-likeness (QED) is 0.721. The predicted molar refractivity (Wildman–Crippen MR) is 65.6 cm³/mol. The maximum Gasteiger partial charge on any atom is 0.224 e. The molecule has 5 heteroatoms. The predicted octanol–water partition coefficient (Wildman–Crippen LogP) is 0.0648. The fourth-order valence-electron chi connectivity index (χ4n) is 2.21. The Balaban J connectivity index is 1.74. The summed E-state index contributed by atoms with van der Waals surface area (Å²) in [4.78, 5) is 13.9. The van der Waals surface area contributed by atoms with Crippen molar-refractivity contribution >= 4 is 17.7 Å². The summed E-state index contributed by atoms with van der Waals surface area (Å²) in [7, 11) is 0. The highest BCUT2D eigenvalue weighted by molar-refractivity contribution is 7.99. The highest BCUT2D eigenvalue weighted by Crippen LogP contribution is 2.15. The number of piperidine rings is 1. The Labute approximate surface area is 101 Å². The third kappa shape index (κ3) is 3.37. The first-order valence-electron chi connectivity index (χ1n) is 6.02. The van der Waals surface area contributed by atoms with Gasteiger partial charge in [0.1, 0.15) is 0 Å². The van der Waals surface area contributed by atoms with Crippen LogP contribution in [-0.4, -0.2) is 59.2 Å². The van der Waals surface area contributed by atoms with Crippen molar-refractivity contribution in [1.82, 2.24) is 10.2 Å². The van der Waals surface area contributed by atoms with Gasteiger partial charge < -0.3 is 15.3 Å². The van der Waals surface area contributed by atoms with E-state index in [1.54, 1.807) is 0 Å². The molecule has 1 atom stereocenters. The smallest absolute Gasteiger partial charge is 0.224 e. The lowest BCUT2D eigenvalue weighted by atomic mass is 10.1. The van der Waals surface area contributed by atoms with Gasteiger partial charge >= 0.3 is 0 Å². The lowest BCUT2D eigenvalue weighted by molar-refractivity contribution is -0.133. The number of hydrogen-bond donors (Lipinski definition) is 2. The zero-order valence-corrected chi connectivity index (χ0v) is 10.3. The van der Waals surface area contributed by atoms with Crippen LogP contribution in [0.15, 0.2) is 0 Å². The molecule has 2 aliphatic heterocycles. The normalized spacial score (nSPS) is 28.1. The Morgan fingerprint density at radius 1 is 1.44 bits per heavy atom. The first kappa shape index (κ1) is 12.2. The summed E-state index contributed by atoms with van der Waals surface area (Å²) < 4.78 is 0. The zero-order chi connectivity index (χ0) is 11.4. The van der Waals surface area contributed by atoms with Crippen molar-refractivity contribution in [2.45, 2.75) is 31.4 Å². The molecular weight excluding hydrogens is 224 g/mol. The standard InChI is InChI=1S/C11H20N2O2S/c14-10-1-4-13(5-2-10)11(15)7-9-8-16-6-3-12-9/h9-10,12,14H,1-8H2. The number of aliphatic hydroxyl groups excluding tert-OH is 1. The number of nitrogens with one attached hydrogen (secondary N) is 1. The van der Waals surface area contributed by atoms with E-state index in [0.29, 0.717) is 12.5 Å². The van der Waals surface area contributed by atoms with Gasteiger partial charge in [-0.2, -0.15) is 11.8 Å². The van der Waals surface area contributed by atoms with Crippen LogP contribution < -0.4 is 5.32 Å². The van der Waals surface area contributed by atoms with Crippen LogP contribution in [0.1, 0.15) is 19.3 Å². The van der Waals surface area contributed by atoms with Gasteiger partial charge in [-0.05, 0) is 12.8 Å². The van der Waals surface area contributed by atoms with E-state index in [1.807, 2.05) is 16.7 Å². The minimum absolute atomic E-state index is 0.201. The molecule has 0 aromatic rings. The second-order valence-electron chi connectivity index (χ2n) is 4.54. The fraction of sp³-hybridized carbons (Fsp3) is 0.909. The Hall–Kier alpha value is -0.260.